The molecule has 0 radical (unpaired) electrons. The molecule has 3 aliphatic rings. The van der Waals surface area contributed by atoms with Gasteiger partial charge in [-0.05, 0) is 42.8 Å². The van der Waals surface area contributed by atoms with Crippen molar-refractivity contribution in [2.75, 3.05) is 11.4 Å². The molecule has 10 heteroatoms. The van der Waals surface area contributed by atoms with Crippen LogP contribution in [-0.4, -0.2) is 57.2 Å². The van der Waals surface area contributed by atoms with E-state index in [2.05, 4.69) is 0 Å². The van der Waals surface area contributed by atoms with Gasteiger partial charge in [0.2, 0.25) is 0 Å². The topological polar surface area (TPSA) is 104 Å². The highest BCUT2D eigenvalue weighted by Crippen LogP contribution is 2.44. The Labute approximate surface area is 192 Å². The SMILES string of the molecule is O=C1[C@@H]2C3CC(CN3C(=O)c3ccc(F)cc3)N2C(=O)N1c1ccc([N+](=O)[O-])c2ccccc12. The number of likely N-dealkylation sites (tertiary alicyclic amines) is 1. The fourth-order valence-corrected chi connectivity index (χ4v) is 5.49. The van der Waals surface area contributed by atoms with E-state index in [4.69, 9.17) is 0 Å². The summed E-state index contributed by atoms with van der Waals surface area (Å²) in [7, 11) is 0. The quantitative estimate of drug-likeness (QED) is 0.339. The maximum Gasteiger partial charge on any atom is 0.332 e. The van der Waals surface area contributed by atoms with Gasteiger partial charge in [-0.3, -0.25) is 19.7 Å². The number of nitro benzene ring substituents is 1. The molecule has 0 N–H and O–H groups in total. The van der Waals surface area contributed by atoms with Gasteiger partial charge in [0, 0.05) is 23.6 Å². The second-order valence-corrected chi connectivity index (χ2v) is 8.64. The van der Waals surface area contributed by atoms with Crippen LogP contribution in [0, 0.1) is 15.9 Å². The Bertz CT molecular complexity index is 1410. The van der Waals surface area contributed by atoms with Gasteiger partial charge in [-0.15, -0.1) is 0 Å². The van der Waals surface area contributed by atoms with Crippen LogP contribution in [0.25, 0.3) is 10.8 Å². The Morgan fingerprint density at radius 1 is 1.00 bits per heavy atom. The van der Waals surface area contributed by atoms with Gasteiger partial charge in [0.25, 0.3) is 17.5 Å². The molecule has 3 heterocycles. The van der Waals surface area contributed by atoms with Crippen LogP contribution >= 0.6 is 0 Å². The maximum absolute atomic E-state index is 13.5. The van der Waals surface area contributed by atoms with Crippen LogP contribution in [0.15, 0.2) is 60.7 Å². The fourth-order valence-electron chi connectivity index (χ4n) is 5.49. The first-order valence-corrected chi connectivity index (χ1v) is 10.8. The predicted molar refractivity (Wildman–Crippen MR) is 119 cm³/mol. The summed E-state index contributed by atoms with van der Waals surface area (Å²) >= 11 is 0. The van der Waals surface area contributed by atoms with Crippen LogP contribution in [0.5, 0.6) is 0 Å². The minimum absolute atomic E-state index is 0.116. The second kappa shape index (κ2) is 7.08. The Morgan fingerprint density at radius 3 is 2.41 bits per heavy atom. The summed E-state index contributed by atoms with van der Waals surface area (Å²) in [6, 6.07) is 12.4. The van der Waals surface area contributed by atoms with Crippen LogP contribution in [-0.2, 0) is 4.79 Å². The zero-order valence-electron chi connectivity index (χ0n) is 17.6. The first kappa shape index (κ1) is 20.3. The number of nitro groups is 1. The molecule has 0 spiro atoms. The number of nitrogens with zero attached hydrogens (tertiary/aromatic N) is 4. The molecule has 6 rings (SSSR count). The van der Waals surface area contributed by atoms with Crippen molar-refractivity contribution >= 4 is 40.0 Å². The Hall–Kier alpha value is -4.34. The Morgan fingerprint density at radius 2 is 1.71 bits per heavy atom. The van der Waals surface area contributed by atoms with Crippen molar-refractivity contribution in [1.82, 2.24) is 9.80 Å². The van der Waals surface area contributed by atoms with Crippen molar-refractivity contribution in [2.45, 2.75) is 24.5 Å². The van der Waals surface area contributed by atoms with E-state index in [0.29, 0.717) is 22.8 Å². The number of carbonyl (C=O) groups excluding carboxylic acids is 3. The van der Waals surface area contributed by atoms with Crippen LogP contribution in [0.1, 0.15) is 16.8 Å². The second-order valence-electron chi connectivity index (χ2n) is 8.64. The Balaban J connectivity index is 1.36. The zero-order valence-corrected chi connectivity index (χ0v) is 17.6. The monoisotopic (exact) mass is 460 g/mol. The van der Waals surface area contributed by atoms with Crippen molar-refractivity contribution in [3.05, 3.63) is 82.2 Å². The van der Waals surface area contributed by atoms with Gasteiger partial charge < -0.3 is 9.80 Å². The van der Waals surface area contributed by atoms with E-state index in [1.54, 1.807) is 29.2 Å². The largest absolute Gasteiger partial charge is 0.332 e. The zero-order chi connectivity index (χ0) is 23.7. The number of imide groups is 1. The standard InChI is InChI=1S/C24H17FN4O5/c25-14-7-5-13(6-8-14)22(30)26-12-15-11-20(26)21-23(31)28(24(32)27(15)21)18-9-10-19(29(33)34)17-4-2-1-3-16(17)18/h1-10,15,20-21H,11-12H2/t15?,20?,21-/m0/s1. The lowest BCUT2D eigenvalue weighted by molar-refractivity contribution is -0.383. The number of hydrogen-bond donors (Lipinski definition) is 0. The van der Waals surface area contributed by atoms with Crippen LogP contribution < -0.4 is 4.90 Å². The van der Waals surface area contributed by atoms with E-state index in [0.717, 1.165) is 4.90 Å². The van der Waals surface area contributed by atoms with Crippen LogP contribution in [0.3, 0.4) is 0 Å². The normalized spacial score (nSPS) is 23.2. The van der Waals surface area contributed by atoms with Crippen LogP contribution in [0.2, 0.25) is 0 Å². The number of urea groups is 1. The number of amides is 4. The molecule has 0 aromatic heterocycles. The molecular formula is C24H17FN4O5. The summed E-state index contributed by atoms with van der Waals surface area (Å²) in [5, 5.41) is 12.2. The molecule has 0 aliphatic carbocycles. The number of halogens is 1. The summed E-state index contributed by atoms with van der Waals surface area (Å²) in [6.07, 6.45) is 0.490. The predicted octanol–water partition coefficient (Wildman–Crippen LogP) is 3.32. The van der Waals surface area contributed by atoms with Crippen molar-refractivity contribution in [1.29, 1.82) is 0 Å². The molecule has 170 valence electrons. The van der Waals surface area contributed by atoms with Crippen molar-refractivity contribution in [3.63, 3.8) is 0 Å². The molecule has 3 aromatic carbocycles. The molecule has 2 bridgehead atoms. The lowest BCUT2D eigenvalue weighted by Gasteiger charge is -2.34. The lowest BCUT2D eigenvalue weighted by Crippen LogP contribution is -2.54. The molecule has 3 atom stereocenters. The molecule has 3 saturated heterocycles. The first-order valence-electron chi connectivity index (χ1n) is 10.8. The van der Waals surface area contributed by atoms with Gasteiger partial charge >= 0.3 is 6.03 Å². The van der Waals surface area contributed by atoms with Gasteiger partial charge in [-0.25, -0.2) is 14.1 Å². The third-order valence-electron chi connectivity index (χ3n) is 6.93. The number of rotatable bonds is 3. The minimum atomic E-state index is -0.829. The molecule has 9 nitrogen and oxygen atoms in total. The number of hydrogen-bond acceptors (Lipinski definition) is 5. The maximum atomic E-state index is 13.5. The first-order chi connectivity index (χ1) is 16.4. The number of piperazine rings is 1. The third kappa shape index (κ3) is 2.68. The molecule has 2 unspecified atom stereocenters. The van der Waals surface area contributed by atoms with E-state index in [9.17, 15) is 28.9 Å². The van der Waals surface area contributed by atoms with E-state index in [-0.39, 0.29) is 29.9 Å². The highest BCUT2D eigenvalue weighted by Gasteiger charge is 2.63. The highest BCUT2D eigenvalue weighted by molar-refractivity contribution is 6.25. The van der Waals surface area contributed by atoms with Gasteiger partial charge in [0.15, 0.2) is 0 Å². The Kier molecular flexibility index (Phi) is 4.22. The number of benzene rings is 3. The molecule has 3 aliphatic heterocycles. The summed E-state index contributed by atoms with van der Waals surface area (Å²) in [5.74, 6) is -1.23. The molecule has 34 heavy (non-hydrogen) atoms. The minimum Gasteiger partial charge on any atom is -0.331 e. The van der Waals surface area contributed by atoms with E-state index in [1.807, 2.05) is 0 Å². The van der Waals surface area contributed by atoms with E-state index >= 15 is 0 Å². The average molecular weight is 460 g/mol. The molecule has 3 fully saturated rings. The smallest absolute Gasteiger partial charge is 0.331 e. The number of carbonyl (C=O) groups is 3. The highest BCUT2D eigenvalue weighted by atomic mass is 19.1. The summed E-state index contributed by atoms with van der Waals surface area (Å²) in [5.41, 5.74) is 0.479. The van der Waals surface area contributed by atoms with Crippen molar-refractivity contribution < 1.29 is 23.7 Å². The number of anilines is 1. The van der Waals surface area contributed by atoms with Crippen LogP contribution in [0.4, 0.5) is 20.6 Å². The van der Waals surface area contributed by atoms with Gasteiger partial charge in [-0.1, -0.05) is 18.2 Å². The summed E-state index contributed by atoms with van der Waals surface area (Å²) < 4.78 is 13.3. The average Bonchev–Trinajstić information content (AvgIpc) is 3.50. The summed E-state index contributed by atoms with van der Waals surface area (Å²) in [4.78, 5) is 55.1. The van der Waals surface area contributed by atoms with Crippen molar-refractivity contribution in [3.8, 4) is 0 Å². The molecule has 4 amide bonds. The third-order valence-corrected chi connectivity index (χ3v) is 6.93. The molecule has 0 saturated carbocycles. The van der Waals surface area contributed by atoms with Gasteiger partial charge in [-0.2, -0.15) is 0 Å². The number of fused-ring (bicyclic) bond motifs is 6. The fraction of sp³-hybridized carbons (Fsp3) is 0.208. The lowest BCUT2D eigenvalue weighted by atomic mass is 10.0. The van der Waals surface area contributed by atoms with Gasteiger partial charge in [0.05, 0.1) is 28.1 Å². The van der Waals surface area contributed by atoms with Crippen molar-refractivity contribution in [2.24, 2.45) is 0 Å². The van der Waals surface area contributed by atoms with E-state index in [1.165, 1.54) is 41.3 Å². The van der Waals surface area contributed by atoms with Gasteiger partial charge in [0.1, 0.15) is 11.9 Å². The van der Waals surface area contributed by atoms with E-state index < -0.39 is 34.8 Å². The molecular weight excluding hydrogens is 443 g/mol. The molecule has 3 aromatic rings. The number of non-ortho nitro benzene ring substituents is 1. The summed E-state index contributed by atoms with van der Waals surface area (Å²) in [6.45, 7) is 0.283.